The fraction of sp³-hybridized carbons (Fsp3) is 0.545. The maximum absolute atomic E-state index is 10.9. The molecule has 0 aromatic heterocycles. The van der Waals surface area contributed by atoms with Gasteiger partial charge in [-0.15, -0.1) is 0 Å². The lowest BCUT2D eigenvalue weighted by Gasteiger charge is -2.13. The van der Waals surface area contributed by atoms with Crippen LogP contribution in [-0.4, -0.2) is 5.78 Å². The first-order valence-corrected chi connectivity index (χ1v) is 4.54. The first-order valence-electron chi connectivity index (χ1n) is 4.54. The van der Waals surface area contributed by atoms with Crippen LogP contribution in [0.3, 0.4) is 0 Å². The van der Waals surface area contributed by atoms with Gasteiger partial charge in [0.1, 0.15) is 0 Å². The summed E-state index contributed by atoms with van der Waals surface area (Å²) in [6, 6.07) is 0. The lowest BCUT2D eigenvalue weighted by Crippen LogP contribution is -2.02. The van der Waals surface area contributed by atoms with Crippen molar-refractivity contribution in [1.82, 2.24) is 0 Å². The summed E-state index contributed by atoms with van der Waals surface area (Å²) in [5, 5.41) is 0. The minimum absolute atomic E-state index is 0.199. The molecular formula is C11H16O. The highest BCUT2D eigenvalue weighted by molar-refractivity contribution is 5.92. The van der Waals surface area contributed by atoms with Gasteiger partial charge in [-0.05, 0) is 44.6 Å². The standard InChI is InChI=1S/C11H16O/c1-9(10(2)12)8-11-6-4-3-5-7-11/h3-4,8,11H,5-7H2,1-2H3. The van der Waals surface area contributed by atoms with Crippen LogP contribution in [0.2, 0.25) is 0 Å². The Labute approximate surface area is 74.2 Å². The molecule has 0 aromatic carbocycles. The molecular weight excluding hydrogens is 148 g/mol. The van der Waals surface area contributed by atoms with Gasteiger partial charge >= 0.3 is 0 Å². The van der Waals surface area contributed by atoms with E-state index in [0.29, 0.717) is 5.92 Å². The molecule has 12 heavy (non-hydrogen) atoms. The number of hydrogen-bond donors (Lipinski definition) is 0. The first kappa shape index (κ1) is 9.24. The van der Waals surface area contributed by atoms with E-state index in [1.165, 1.54) is 6.42 Å². The Morgan fingerprint density at radius 3 is 2.67 bits per heavy atom. The Morgan fingerprint density at radius 1 is 1.42 bits per heavy atom. The number of rotatable bonds is 2. The summed E-state index contributed by atoms with van der Waals surface area (Å²) in [5.74, 6) is 0.795. The predicted octanol–water partition coefficient (Wildman–Crippen LogP) is 2.88. The molecule has 0 heterocycles. The van der Waals surface area contributed by atoms with Crippen molar-refractivity contribution in [3.63, 3.8) is 0 Å². The highest BCUT2D eigenvalue weighted by Crippen LogP contribution is 2.20. The van der Waals surface area contributed by atoms with Gasteiger partial charge in [0.25, 0.3) is 0 Å². The Balaban J connectivity index is 2.54. The maximum atomic E-state index is 10.9. The third kappa shape index (κ3) is 2.65. The van der Waals surface area contributed by atoms with Crippen LogP contribution in [0.25, 0.3) is 0 Å². The summed E-state index contributed by atoms with van der Waals surface area (Å²) in [4.78, 5) is 10.9. The highest BCUT2D eigenvalue weighted by atomic mass is 16.1. The summed E-state index contributed by atoms with van der Waals surface area (Å²) >= 11 is 0. The van der Waals surface area contributed by atoms with Crippen molar-refractivity contribution in [2.45, 2.75) is 33.1 Å². The van der Waals surface area contributed by atoms with Crippen LogP contribution in [0.4, 0.5) is 0 Å². The van der Waals surface area contributed by atoms with E-state index in [2.05, 4.69) is 18.2 Å². The van der Waals surface area contributed by atoms with E-state index < -0.39 is 0 Å². The summed E-state index contributed by atoms with van der Waals surface area (Å²) < 4.78 is 0. The van der Waals surface area contributed by atoms with E-state index in [9.17, 15) is 4.79 Å². The predicted molar refractivity (Wildman–Crippen MR) is 50.9 cm³/mol. The number of carbonyl (C=O) groups excluding carboxylic acids is 1. The van der Waals surface area contributed by atoms with Crippen molar-refractivity contribution < 1.29 is 4.79 Å². The van der Waals surface area contributed by atoms with Gasteiger partial charge in [-0.25, -0.2) is 0 Å². The number of carbonyl (C=O) groups is 1. The smallest absolute Gasteiger partial charge is 0.155 e. The summed E-state index contributed by atoms with van der Waals surface area (Å²) in [5.41, 5.74) is 0.912. The molecule has 0 N–H and O–H groups in total. The molecule has 0 aliphatic heterocycles. The molecule has 1 heteroatoms. The Bertz CT molecular complexity index is 223. The lowest BCUT2D eigenvalue weighted by molar-refractivity contribution is -0.113. The van der Waals surface area contributed by atoms with Gasteiger partial charge in [0.05, 0.1) is 0 Å². The summed E-state index contributed by atoms with van der Waals surface area (Å²) in [6.45, 7) is 3.53. The maximum Gasteiger partial charge on any atom is 0.155 e. The van der Waals surface area contributed by atoms with Crippen LogP contribution in [0.15, 0.2) is 23.8 Å². The minimum Gasteiger partial charge on any atom is -0.295 e. The van der Waals surface area contributed by atoms with E-state index in [1.807, 2.05) is 6.92 Å². The zero-order valence-electron chi connectivity index (χ0n) is 7.84. The van der Waals surface area contributed by atoms with Gasteiger partial charge in [-0.1, -0.05) is 18.2 Å². The molecule has 1 rings (SSSR count). The van der Waals surface area contributed by atoms with Crippen molar-refractivity contribution in [2.75, 3.05) is 0 Å². The average molecular weight is 164 g/mol. The SMILES string of the molecule is CC(=O)C(C)=CC1CC=CCC1. The van der Waals surface area contributed by atoms with Crippen molar-refractivity contribution in [1.29, 1.82) is 0 Å². The second kappa shape index (κ2) is 4.24. The molecule has 66 valence electrons. The van der Waals surface area contributed by atoms with Crippen LogP contribution in [0.5, 0.6) is 0 Å². The largest absolute Gasteiger partial charge is 0.295 e. The fourth-order valence-corrected chi connectivity index (χ4v) is 1.44. The molecule has 0 bridgehead atoms. The van der Waals surface area contributed by atoms with Gasteiger partial charge in [0.15, 0.2) is 5.78 Å². The molecule has 1 nitrogen and oxygen atoms in total. The molecule has 0 aromatic rings. The van der Waals surface area contributed by atoms with Crippen LogP contribution < -0.4 is 0 Å². The molecule has 1 aliphatic carbocycles. The second-order valence-electron chi connectivity index (χ2n) is 3.45. The number of Topliss-reactive ketones (excluding diaryl/α,β-unsaturated/α-hetero) is 1. The Kier molecular flexibility index (Phi) is 3.27. The molecule has 0 fully saturated rings. The molecule has 1 atom stereocenters. The molecule has 0 saturated heterocycles. The van der Waals surface area contributed by atoms with Crippen LogP contribution in [0.1, 0.15) is 33.1 Å². The van der Waals surface area contributed by atoms with Crippen LogP contribution in [0, 0.1) is 5.92 Å². The van der Waals surface area contributed by atoms with Crippen LogP contribution >= 0.6 is 0 Å². The highest BCUT2D eigenvalue weighted by Gasteiger charge is 2.07. The monoisotopic (exact) mass is 164 g/mol. The molecule has 0 saturated carbocycles. The Morgan fingerprint density at radius 2 is 2.17 bits per heavy atom. The Hall–Kier alpha value is -0.850. The molecule has 0 amide bonds. The normalized spacial score (nSPS) is 24.2. The second-order valence-corrected chi connectivity index (χ2v) is 3.45. The molecule has 0 radical (unpaired) electrons. The number of ketones is 1. The number of allylic oxidation sites excluding steroid dienone is 4. The van der Waals surface area contributed by atoms with E-state index >= 15 is 0 Å². The quantitative estimate of drug-likeness (QED) is 0.453. The van der Waals surface area contributed by atoms with Gasteiger partial charge in [0, 0.05) is 0 Å². The molecule has 1 unspecified atom stereocenters. The number of hydrogen-bond acceptors (Lipinski definition) is 1. The van der Waals surface area contributed by atoms with Crippen molar-refractivity contribution >= 4 is 5.78 Å². The van der Waals surface area contributed by atoms with Crippen molar-refractivity contribution in [3.05, 3.63) is 23.8 Å². The van der Waals surface area contributed by atoms with E-state index in [-0.39, 0.29) is 5.78 Å². The summed E-state index contributed by atoms with van der Waals surface area (Å²) in [7, 11) is 0. The zero-order valence-corrected chi connectivity index (χ0v) is 7.84. The average Bonchev–Trinajstić information content (AvgIpc) is 2.06. The van der Waals surface area contributed by atoms with Gasteiger partial charge in [-0.2, -0.15) is 0 Å². The van der Waals surface area contributed by atoms with Gasteiger partial charge < -0.3 is 0 Å². The first-order chi connectivity index (χ1) is 5.70. The van der Waals surface area contributed by atoms with Gasteiger partial charge in [0.2, 0.25) is 0 Å². The van der Waals surface area contributed by atoms with E-state index in [4.69, 9.17) is 0 Å². The molecule has 1 aliphatic rings. The topological polar surface area (TPSA) is 17.1 Å². The summed E-state index contributed by atoms with van der Waals surface area (Å²) in [6.07, 6.45) is 10.00. The zero-order chi connectivity index (χ0) is 8.97. The van der Waals surface area contributed by atoms with E-state index in [0.717, 1.165) is 18.4 Å². The van der Waals surface area contributed by atoms with Crippen molar-refractivity contribution in [3.8, 4) is 0 Å². The fourth-order valence-electron chi connectivity index (χ4n) is 1.44. The van der Waals surface area contributed by atoms with Gasteiger partial charge in [-0.3, -0.25) is 4.79 Å². The third-order valence-corrected chi connectivity index (χ3v) is 2.35. The molecule has 0 spiro atoms. The van der Waals surface area contributed by atoms with E-state index in [1.54, 1.807) is 6.92 Å². The lowest BCUT2D eigenvalue weighted by atomic mass is 9.92. The van der Waals surface area contributed by atoms with Crippen molar-refractivity contribution in [2.24, 2.45) is 5.92 Å². The van der Waals surface area contributed by atoms with Crippen LogP contribution in [-0.2, 0) is 4.79 Å². The third-order valence-electron chi connectivity index (χ3n) is 2.35. The minimum atomic E-state index is 0.199.